The predicted octanol–water partition coefficient (Wildman–Crippen LogP) is 1.09. The molecule has 0 unspecified atom stereocenters. The summed E-state index contributed by atoms with van der Waals surface area (Å²) in [4.78, 5) is 13.5. The van der Waals surface area contributed by atoms with Gasteiger partial charge in [-0.1, -0.05) is 30.3 Å². The molecule has 0 aromatic heterocycles. The highest BCUT2D eigenvalue weighted by atomic mass is 16.5. The van der Waals surface area contributed by atoms with Gasteiger partial charge in [0.25, 0.3) is 5.91 Å². The van der Waals surface area contributed by atoms with Crippen LogP contribution in [0.5, 0.6) is 0 Å². The van der Waals surface area contributed by atoms with E-state index in [0.717, 1.165) is 5.56 Å². The number of nitrogens with zero attached hydrogens (tertiary/aromatic N) is 1. The number of amides is 1. The van der Waals surface area contributed by atoms with E-state index in [1.807, 2.05) is 37.4 Å². The van der Waals surface area contributed by atoms with Crippen molar-refractivity contribution in [1.82, 2.24) is 4.90 Å². The summed E-state index contributed by atoms with van der Waals surface area (Å²) in [7, 11) is 1.82. The summed E-state index contributed by atoms with van der Waals surface area (Å²) < 4.78 is 5.47. The second-order valence-electron chi connectivity index (χ2n) is 3.81. The van der Waals surface area contributed by atoms with Crippen molar-refractivity contribution in [2.75, 3.05) is 20.2 Å². The minimum absolute atomic E-state index is 0.0881. The first-order chi connectivity index (χ1) is 7.27. The van der Waals surface area contributed by atoms with E-state index < -0.39 is 0 Å². The predicted molar refractivity (Wildman–Crippen MR) is 57.5 cm³/mol. The number of hydrogen-bond donors (Lipinski definition) is 0. The van der Waals surface area contributed by atoms with Crippen LogP contribution in [0.2, 0.25) is 0 Å². The van der Waals surface area contributed by atoms with Crippen LogP contribution in [0.15, 0.2) is 30.3 Å². The number of ether oxygens (including phenoxy) is 1. The van der Waals surface area contributed by atoms with Crippen LogP contribution in [-0.2, 0) is 16.0 Å². The van der Waals surface area contributed by atoms with Crippen LogP contribution < -0.4 is 0 Å². The summed E-state index contributed by atoms with van der Waals surface area (Å²) in [6.45, 7) is 1.34. The fourth-order valence-electron chi connectivity index (χ4n) is 1.73. The molecule has 2 rings (SSSR count). The molecule has 1 aliphatic rings. The maximum atomic E-state index is 11.7. The number of morpholine rings is 1. The first-order valence-electron chi connectivity index (χ1n) is 5.18. The Morgan fingerprint density at radius 2 is 2.13 bits per heavy atom. The number of carbonyl (C=O) groups excluding carboxylic acids is 1. The van der Waals surface area contributed by atoms with Gasteiger partial charge in [0.05, 0.1) is 6.61 Å². The van der Waals surface area contributed by atoms with Crippen molar-refractivity contribution in [1.29, 1.82) is 0 Å². The van der Waals surface area contributed by atoms with Crippen molar-refractivity contribution in [3.8, 4) is 0 Å². The molecular weight excluding hydrogens is 190 g/mol. The molecule has 0 N–H and O–H groups in total. The summed E-state index contributed by atoms with van der Waals surface area (Å²) in [5, 5.41) is 0. The van der Waals surface area contributed by atoms with Crippen molar-refractivity contribution in [2.45, 2.75) is 12.5 Å². The average Bonchev–Trinajstić information content (AvgIpc) is 2.26. The monoisotopic (exact) mass is 205 g/mol. The Bertz CT molecular complexity index is 337. The number of benzene rings is 1. The molecule has 15 heavy (non-hydrogen) atoms. The second-order valence-corrected chi connectivity index (χ2v) is 3.81. The second kappa shape index (κ2) is 4.45. The molecule has 0 spiro atoms. The molecule has 1 saturated heterocycles. The van der Waals surface area contributed by atoms with Gasteiger partial charge in [-0.05, 0) is 5.56 Å². The summed E-state index contributed by atoms with van der Waals surface area (Å²) >= 11 is 0. The molecule has 1 atom stereocenters. The van der Waals surface area contributed by atoms with Crippen molar-refractivity contribution >= 4 is 5.91 Å². The van der Waals surface area contributed by atoms with E-state index in [-0.39, 0.29) is 12.0 Å². The zero-order valence-electron chi connectivity index (χ0n) is 8.85. The van der Waals surface area contributed by atoms with Crippen LogP contribution in [0.3, 0.4) is 0 Å². The molecule has 0 radical (unpaired) electrons. The molecule has 1 fully saturated rings. The molecule has 0 saturated carbocycles. The molecule has 1 aliphatic heterocycles. The van der Waals surface area contributed by atoms with Gasteiger partial charge in [0.15, 0.2) is 0 Å². The fraction of sp³-hybridized carbons (Fsp3) is 0.417. The van der Waals surface area contributed by atoms with Gasteiger partial charge in [-0.25, -0.2) is 0 Å². The van der Waals surface area contributed by atoms with E-state index in [9.17, 15) is 4.79 Å². The van der Waals surface area contributed by atoms with Crippen LogP contribution in [0.25, 0.3) is 0 Å². The molecule has 3 nitrogen and oxygen atoms in total. The van der Waals surface area contributed by atoms with Crippen LogP contribution in [0.1, 0.15) is 5.56 Å². The zero-order valence-corrected chi connectivity index (χ0v) is 8.85. The Labute approximate surface area is 89.7 Å². The van der Waals surface area contributed by atoms with E-state index >= 15 is 0 Å². The van der Waals surface area contributed by atoms with Crippen LogP contribution in [0, 0.1) is 0 Å². The Kier molecular flexibility index (Phi) is 3.02. The highest BCUT2D eigenvalue weighted by Gasteiger charge is 2.26. The van der Waals surface area contributed by atoms with Gasteiger partial charge in [-0.3, -0.25) is 4.79 Å². The van der Waals surface area contributed by atoms with Crippen LogP contribution in [-0.4, -0.2) is 37.1 Å². The minimum Gasteiger partial charge on any atom is -0.366 e. The highest BCUT2D eigenvalue weighted by molar-refractivity contribution is 5.81. The molecule has 0 aliphatic carbocycles. The van der Waals surface area contributed by atoms with Gasteiger partial charge >= 0.3 is 0 Å². The maximum absolute atomic E-state index is 11.7. The van der Waals surface area contributed by atoms with Gasteiger partial charge in [0.1, 0.15) is 6.10 Å². The van der Waals surface area contributed by atoms with Crippen molar-refractivity contribution < 1.29 is 9.53 Å². The van der Waals surface area contributed by atoms with Crippen molar-refractivity contribution in [2.24, 2.45) is 0 Å². The third-order valence-electron chi connectivity index (χ3n) is 2.66. The summed E-state index contributed by atoms with van der Waals surface area (Å²) in [6, 6.07) is 9.97. The van der Waals surface area contributed by atoms with Gasteiger partial charge < -0.3 is 9.64 Å². The molecule has 1 amide bonds. The fourth-order valence-corrected chi connectivity index (χ4v) is 1.73. The lowest BCUT2D eigenvalue weighted by molar-refractivity contribution is -0.150. The largest absolute Gasteiger partial charge is 0.366 e. The molecule has 3 heteroatoms. The summed E-state index contributed by atoms with van der Waals surface area (Å²) in [5.41, 5.74) is 1.14. The molecule has 80 valence electrons. The standard InChI is InChI=1S/C12H15NO2/c1-13-7-8-15-11(12(13)14)9-10-5-3-2-4-6-10/h2-6,11H,7-9H2,1H3/t11-/m1/s1. The SMILES string of the molecule is CN1CCO[C@H](Cc2ccccc2)C1=O. The van der Waals surface area contributed by atoms with E-state index in [0.29, 0.717) is 19.6 Å². The maximum Gasteiger partial charge on any atom is 0.251 e. The molecule has 0 bridgehead atoms. The summed E-state index contributed by atoms with van der Waals surface area (Å²) in [5.74, 6) is 0.0881. The topological polar surface area (TPSA) is 29.5 Å². The number of rotatable bonds is 2. The summed E-state index contributed by atoms with van der Waals surface area (Å²) in [6.07, 6.45) is 0.371. The third kappa shape index (κ3) is 2.36. The van der Waals surface area contributed by atoms with Crippen molar-refractivity contribution in [3.63, 3.8) is 0 Å². The van der Waals surface area contributed by atoms with E-state index in [1.54, 1.807) is 4.90 Å². The quantitative estimate of drug-likeness (QED) is 0.723. The van der Waals surface area contributed by atoms with Gasteiger partial charge in [0, 0.05) is 20.0 Å². The number of likely N-dealkylation sites (N-methyl/N-ethyl adjacent to an activating group) is 1. The number of carbonyl (C=O) groups is 1. The molecular formula is C12H15NO2. The lowest BCUT2D eigenvalue weighted by atomic mass is 10.1. The number of hydrogen-bond acceptors (Lipinski definition) is 2. The van der Waals surface area contributed by atoms with Gasteiger partial charge in [-0.2, -0.15) is 0 Å². The van der Waals surface area contributed by atoms with E-state index in [1.165, 1.54) is 0 Å². The third-order valence-corrected chi connectivity index (χ3v) is 2.66. The highest BCUT2D eigenvalue weighted by Crippen LogP contribution is 2.11. The van der Waals surface area contributed by atoms with E-state index in [4.69, 9.17) is 4.74 Å². The van der Waals surface area contributed by atoms with Gasteiger partial charge in [0.2, 0.25) is 0 Å². The lowest BCUT2D eigenvalue weighted by Crippen LogP contribution is -2.46. The molecule has 1 heterocycles. The van der Waals surface area contributed by atoms with E-state index in [2.05, 4.69) is 0 Å². The van der Waals surface area contributed by atoms with Crippen molar-refractivity contribution in [3.05, 3.63) is 35.9 Å². The minimum atomic E-state index is -0.300. The van der Waals surface area contributed by atoms with Gasteiger partial charge in [-0.15, -0.1) is 0 Å². The Morgan fingerprint density at radius 3 is 2.87 bits per heavy atom. The molecule has 1 aromatic carbocycles. The van der Waals surface area contributed by atoms with Crippen LogP contribution >= 0.6 is 0 Å². The van der Waals surface area contributed by atoms with Crippen LogP contribution in [0.4, 0.5) is 0 Å². The Balaban J connectivity index is 2.03. The zero-order chi connectivity index (χ0) is 10.7. The first kappa shape index (κ1) is 10.2. The normalized spacial score (nSPS) is 21.8. The smallest absolute Gasteiger partial charge is 0.251 e. The molecule has 1 aromatic rings. The average molecular weight is 205 g/mol. The Hall–Kier alpha value is -1.35. The first-order valence-corrected chi connectivity index (χ1v) is 5.18. The lowest BCUT2D eigenvalue weighted by Gasteiger charge is -2.29. The Morgan fingerprint density at radius 1 is 1.40 bits per heavy atom.